The van der Waals surface area contributed by atoms with Crippen molar-refractivity contribution in [2.24, 2.45) is 0 Å². The number of hydrogen-bond donors (Lipinski definition) is 0. The van der Waals surface area contributed by atoms with E-state index in [1.165, 1.54) is 27.8 Å². The fourth-order valence-corrected chi connectivity index (χ4v) is 3.70. The van der Waals surface area contributed by atoms with Crippen LogP contribution in [0.2, 0.25) is 0 Å². The number of rotatable bonds is 4. The summed E-state index contributed by atoms with van der Waals surface area (Å²) in [5.74, 6) is 0. The molecule has 106 valence electrons. The van der Waals surface area contributed by atoms with Crippen LogP contribution in [0, 0.1) is 0 Å². The molecule has 0 saturated heterocycles. The summed E-state index contributed by atoms with van der Waals surface area (Å²) < 4.78 is 6.07. The van der Waals surface area contributed by atoms with E-state index in [0.717, 1.165) is 38.6 Å². The van der Waals surface area contributed by atoms with Crippen molar-refractivity contribution in [3.05, 3.63) is 40.5 Å². The maximum absolute atomic E-state index is 11.1. The molecule has 0 aromatic heterocycles. The molecule has 0 bridgehead atoms. The summed E-state index contributed by atoms with van der Waals surface area (Å²) in [6, 6.07) is 6.83. The van der Waals surface area contributed by atoms with Gasteiger partial charge in [0.25, 0.3) is 0 Å². The molecule has 0 saturated carbocycles. The van der Waals surface area contributed by atoms with Gasteiger partial charge in [0.15, 0.2) is 0 Å². The third-order valence-electron chi connectivity index (χ3n) is 4.90. The molecule has 1 aliphatic carbocycles. The summed E-state index contributed by atoms with van der Waals surface area (Å²) in [6.45, 7) is 5.05. The third-order valence-corrected chi connectivity index (χ3v) is 4.90. The summed E-state index contributed by atoms with van der Waals surface area (Å²) in [5.41, 5.74) is 6.66. The van der Waals surface area contributed by atoms with Crippen LogP contribution in [0.5, 0.6) is 0 Å². The Kier molecular flexibility index (Phi) is 3.51. The van der Waals surface area contributed by atoms with Gasteiger partial charge in [-0.15, -0.1) is 0 Å². The fraction of sp³-hybridized carbons (Fsp3) is 0.500. The lowest BCUT2D eigenvalue weighted by Gasteiger charge is -2.37. The van der Waals surface area contributed by atoms with Crippen LogP contribution >= 0.6 is 0 Å². The molecule has 1 atom stereocenters. The molecule has 1 heterocycles. The van der Waals surface area contributed by atoms with Crippen molar-refractivity contribution in [2.75, 3.05) is 6.61 Å². The normalized spacial score (nSPS) is 24.5. The summed E-state index contributed by atoms with van der Waals surface area (Å²) in [7, 11) is 0. The zero-order chi connectivity index (χ0) is 14.2. The number of aldehydes is 1. The van der Waals surface area contributed by atoms with Crippen molar-refractivity contribution >= 4 is 11.9 Å². The van der Waals surface area contributed by atoms with Gasteiger partial charge < -0.3 is 9.53 Å². The highest BCUT2D eigenvalue weighted by Gasteiger charge is 2.41. The van der Waals surface area contributed by atoms with E-state index in [1.54, 1.807) is 0 Å². The molecule has 1 aromatic carbocycles. The van der Waals surface area contributed by atoms with Crippen LogP contribution < -0.4 is 0 Å². The predicted molar refractivity (Wildman–Crippen MR) is 80.7 cm³/mol. The van der Waals surface area contributed by atoms with Crippen molar-refractivity contribution in [1.29, 1.82) is 0 Å². The van der Waals surface area contributed by atoms with Crippen LogP contribution in [0.3, 0.4) is 0 Å². The van der Waals surface area contributed by atoms with Gasteiger partial charge in [-0.25, -0.2) is 0 Å². The van der Waals surface area contributed by atoms with Crippen molar-refractivity contribution in [3.8, 4) is 0 Å². The lowest BCUT2D eigenvalue weighted by atomic mass is 9.82. The minimum atomic E-state index is -0.346. The van der Waals surface area contributed by atoms with Gasteiger partial charge in [0.05, 0.1) is 12.2 Å². The average molecular weight is 270 g/mol. The molecule has 3 rings (SSSR count). The van der Waals surface area contributed by atoms with Gasteiger partial charge in [-0.1, -0.05) is 32.0 Å². The number of carbonyl (C=O) groups excluding carboxylic acids is 1. The van der Waals surface area contributed by atoms with E-state index < -0.39 is 0 Å². The molecule has 0 radical (unpaired) electrons. The first-order chi connectivity index (χ1) is 9.74. The summed E-state index contributed by atoms with van der Waals surface area (Å²) in [6.07, 6.45) is 5.38. The van der Waals surface area contributed by atoms with Gasteiger partial charge in [0, 0.05) is 6.42 Å². The number of ether oxygens (including phenoxy) is 1. The minimum absolute atomic E-state index is 0.346. The minimum Gasteiger partial charge on any atom is -0.370 e. The SMILES string of the molecule is CCc1ccc2c(c1)CC1=C2CCOC1(CC)CC=O. The highest BCUT2D eigenvalue weighted by molar-refractivity contribution is 5.79. The van der Waals surface area contributed by atoms with Crippen molar-refractivity contribution < 1.29 is 9.53 Å². The van der Waals surface area contributed by atoms with Crippen LogP contribution in [-0.2, 0) is 22.4 Å². The van der Waals surface area contributed by atoms with E-state index in [-0.39, 0.29) is 5.60 Å². The second-order valence-corrected chi connectivity index (χ2v) is 5.80. The lowest BCUT2D eigenvalue weighted by Crippen LogP contribution is -2.38. The quantitative estimate of drug-likeness (QED) is 0.779. The van der Waals surface area contributed by atoms with E-state index in [1.807, 2.05) is 0 Å². The molecular formula is C18H22O2. The van der Waals surface area contributed by atoms with Gasteiger partial charge in [0.1, 0.15) is 6.29 Å². The number of benzene rings is 1. The van der Waals surface area contributed by atoms with Crippen molar-refractivity contribution in [1.82, 2.24) is 0 Å². The zero-order valence-electron chi connectivity index (χ0n) is 12.4. The predicted octanol–water partition coefficient (Wildman–Crippen LogP) is 3.72. The molecule has 0 spiro atoms. The van der Waals surface area contributed by atoms with Crippen LogP contribution in [0.15, 0.2) is 23.8 Å². The molecule has 20 heavy (non-hydrogen) atoms. The molecule has 1 aromatic rings. The first-order valence-electron chi connectivity index (χ1n) is 7.66. The number of carbonyl (C=O) groups is 1. The van der Waals surface area contributed by atoms with Gasteiger partial charge in [-0.2, -0.15) is 0 Å². The third kappa shape index (κ3) is 1.94. The molecule has 0 N–H and O–H groups in total. The van der Waals surface area contributed by atoms with Gasteiger partial charge >= 0.3 is 0 Å². The highest BCUT2D eigenvalue weighted by Crippen LogP contribution is 2.47. The van der Waals surface area contributed by atoms with E-state index in [0.29, 0.717) is 6.42 Å². The van der Waals surface area contributed by atoms with Crippen molar-refractivity contribution in [2.45, 2.75) is 51.6 Å². The standard InChI is InChI=1S/C18H22O2/c1-3-13-5-6-15-14(11-13)12-17-16(15)7-10-20-18(17,4-2)8-9-19/h5-6,9,11H,3-4,7-8,10,12H2,1-2H3. The Morgan fingerprint density at radius 2 is 2.20 bits per heavy atom. The molecule has 0 fully saturated rings. The summed E-state index contributed by atoms with van der Waals surface area (Å²) in [5, 5.41) is 0. The van der Waals surface area contributed by atoms with Crippen LogP contribution in [0.25, 0.3) is 5.57 Å². The maximum atomic E-state index is 11.1. The Morgan fingerprint density at radius 3 is 2.90 bits per heavy atom. The molecule has 0 amide bonds. The fourth-order valence-electron chi connectivity index (χ4n) is 3.70. The largest absolute Gasteiger partial charge is 0.370 e. The Bertz CT molecular complexity index is 571. The molecule has 1 unspecified atom stereocenters. The molecule has 1 aliphatic heterocycles. The second-order valence-electron chi connectivity index (χ2n) is 5.80. The number of aryl methyl sites for hydroxylation is 1. The molecular weight excluding hydrogens is 248 g/mol. The smallest absolute Gasteiger partial charge is 0.123 e. The van der Waals surface area contributed by atoms with Gasteiger partial charge in [0.2, 0.25) is 0 Å². The molecule has 2 heteroatoms. The Balaban J connectivity index is 2.05. The zero-order valence-corrected chi connectivity index (χ0v) is 12.4. The van der Waals surface area contributed by atoms with Crippen LogP contribution in [0.4, 0.5) is 0 Å². The summed E-state index contributed by atoms with van der Waals surface area (Å²) >= 11 is 0. The monoisotopic (exact) mass is 270 g/mol. The van der Waals surface area contributed by atoms with E-state index >= 15 is 0 Å². The average Bonchev–Trinajstić information content (AvgIpc) is 2.86. The highest BCUT2D eigenvalue weighted by atomic mass is 16.5. The number of hydrogen-bond acceptors (Lipinski definition) is 2. The summed E-state index contributed by atoms with van der Waals surface area (Å²) in [4.78, 5) is 11.1. The van der Waals surface area contributed by atoms with Crippen LogP contribution in [-0.4, -0.2) is 18.5 Å². The van der Waals surface area contributed by atoms with Crippen LogP contribution in [0.1, 0.15) is 49.8 Å². The van der Waals surface area contributed by atoms with Crippen molar-refractivity contribution in [3.63, 3.8) is 0 Å². The number of fused-ring (bicyclic) bond motifs is 2. The van der Waals surface area contributed by atoms with Gasteiger partial charge in [-0.3, -0.25) is 0 Å². The Hall–Kier alpha value is -1.41. The molecule has 2 aliphatic rings. The first-order valence-corrected chi connectivity index (χ1v) is 7.66. The first kappa shape index (κ1) is 13.6. The van der Waals surface area contributed by atoms with Gasteiger partial charge in [-0.05, 0) is 53.5 Å². The second kappa shape index (κ2) is 5.17. The maximum Gasteiger partial charge on any atom is 0.123 e. The topological polar surface area (TPSA) is 26.3 Å². The Labute approximate surface area is 120 Å². The van der Waals surface area contributed by atoms with E-state index in [4.69, 9.17) is 4.74 Å². The lowest BCUT2D eigenvalue weighted by molar-refractivity contribution is -0.114. The van der Waals surface area contributed by atoms with E-state index in [2.05, 4.69) is 32.0 Å². The Morgan fingerprint density at radius 1 is 1.35 bits per heavy atom. The molecule has 2 nitrogen and oxygen atoms in total. The van der Waals surface area contributed by atoms with E-state index in [9.17, 15) is 4.79 Å².